The lowest BCUT2D eigenvalue weighted by Crippen LogP contribution is -2.31. The average Bonchev–Trinajstić information content (AvgIpc) is 3.52. The maximum atomic E-state index is 12.7. The van der Waals surface area contributed by atoms with E-state index in [1.54, 1.807) is 24.5 Å². The van der Waals surface area contributed by atoms with Crippen LogP contribution in [-0.2, 0) is 29.2 Å². The molecule has 12 heteroatoms. The van der Waals surface area contributed by atoms with Crippen LogP contribution in [0.3, 0.4) is 0 Å². The van der Waals surface area contributed by atoms with E-state index in [0.29, 0.717) is 25.3 Å². The minimum atomic E-state index is -5.08. The van der Waals surface area contributed by atoms with Gasteiger partial charge < -0.3 is 14.7 Å². The molecule has 0 unspecified atom stereocenters. The Morgan fingerprint density at radius 3 is 2.48 bits per heavy atom. The summed E-state index contributed by atoms with van der Waals surface area (Å²) in [5, 5.41) is 15.6. The zero-order chi connectivity index (χ0) is 22.4. The van der Waals surface area contributed by atoms with Crippen molar-refractivity contribution >= 4 is 11.9 Å². The monoisotopic (exact) mass is 441 g/mol. The van der Waals surface area contributed by atoms with Gasteiger partial charge in [-0.3, -0.25) is 9.78 Å². The number of hydrogen-bond acceptors (Lipinski definition) is 6. The van der Waals surface area contributed by atoms with E-state index in [0.717, 1.165) is 36.9 Å². The number of ether oxygens (including phenoxy) is 1. The number of carboxylic acids is 1. The number of hydrogen-bond donors (Lipinski definition) is 1. The van der Waals surface area contributed by atoms with Crippen LogP contribution in [0.1, 0.15) is 41.0 Å². The van der Waals surface area contributed by atoms with Crippen LogP contribution < -0.4 is 0 Å². The van der Waals surface area contributed by atoms with Crippen molar-refractivity contribution in [3.05, 3.63) is 41.5 Å². The van der Waals surface area contributed by atoms with Crippen molar-refractivity contribution in [2.45, 2.75) is 45.1 Å². The summed E-state index contributed by atoms with van der Waals surface area (Å²) in [6, 6.07) is 3.50. The lowest BCUT2D eigenvalue weighted by molar-refractivity contribution is -0.192. The first-order chi connectivity index (χ1) is 14.8. The third kappa shape index (κ3) is 6.48. The van der Waals surface area contributed by atoms with E-state index >= 15 is 0 Å². The van der Waals surface area contributed by atoms with E-state index in [9.17, 15) is 18.0 Å². The Bertz CT molecular complexity index is 900. The number of amides is 1. The molecule has 0 saturated heterocycles. The van der Waals surface area contributed by atoms with Gasteiger partial charge in [0, 0.05) is 37.7 Å². The van der Waals surface area contributed by atoms with Crippen LogP contribution in [0.2, 0.25) is 0 Å². The highest BCUT2D eigenvalue weighted by molar-refractivity contribution is 5.94. The molecule has 1 fully saturated rings. The Labute approximate surface area is 175 Å². The quantitative estimate of drug-likeness (QED) is 0.758. The van der Waals surface area contributed by atoms with Crippen LogP contribution in [0, 0.1) is 5.92 Å². The number of halogens is 3. The normalized spacial score (nSPS) is 16.0. The fourth-order valence-electron chi connectivity index (χ4n) is 2.96. The number of carboxylic acid groups (broad SMARTS) is 1. The van der Waals surface area contributed by atoms with Crippen molar-refractivity contribution < 1.29 is 32.6 Å². The summed E-state index contributed by atoms with van der Waals surface area (Å²) in [5.41, 5.74) is 2.51. The highest BCUT2D eigenvalue weighted by Gasteiger charge is 2.38. The second-order valence-corrected chi connectivity index (χ2v) is 7.28. The highest BCUT2D eigenvalue weighted by atomic mass is 19.4. The van der Waals surface area contributed by atoms with Crippen LogP contribution in [-0.4, -0.2) is 61.2 Å². The Kier molecular flexibility index (Phi) is 7.21. The molecule has 9 nitrogen and oxygen atoms in total. The molecule has 4 rings (SSSR count). The number of carbonyl (C=O) groups is 2. The molecule has 168 valence electrons. The molecule has 0 atom stereocenters. The number of aryl methyl sites for hydroxylation is 1. The van der Waals surface area contributed by atoms with Crippen LogP contribution in [0.4, 0.5) is 13.2 Å². The van der Waals surface area contributed by atoms with Crippen LogP contribution in [0.5, 0.6) is 0 Å². The largest absolute Gasteiger partial charge is 0.490 e. The van der Waals surface area contributed by atoms with E-state index in [1.165, 1.54) is 12.8 Å². The first kappa shape index (κ1) is 22.7. The molecule has 1 aliphatic carbocycles. The van der Waals surface area contributed by atoms with Gasteiger partial charge in [0.05, 0.1) is 18.8 Å². The van der Waals surface area contributed by atoms with Gasteiger partial charge in [-0.2, -0.15) is 13.2 Å². The van der Waals surface area contributed by atoms with Gasteiger partial charge in [-0.25, -0.2) is 9.48 Å². The number of rotatable bonds is 5. The van der Waals surface area contributed by atoms with Crippen molar-refractivity contribution in [2.75, 3.05) is 13.2 Å². The summed E-state index contributed by atoms with van der Waals surface area (Å²) in [7, 11) is 0. The standard InChI is InChI=1S/C17H21N5O2.C2HF3O2/c23-17(14-4-6-18-7-5-14)21-8-1-9-22-16(10-21)15(19-20-22)12-24-11-13-2-3-13;3-2(4,5)1(6)7/h4-7,13H,1-3,8-12H2;(H,6,7). The van der Waals surface area contributed by atoms with Crippen molar-refractivity contribution in [1.29, 1.82) is 0 Å². The number of nitrogens with zero attached hydrogens (tertiary/aromatic N) is 5. The predicted molar refractivity (Wildman–Crippen MR) is 99.7 cm³/mol. The molecule has 1 N–H and O–H groups in total. The van der Waals surface area contributed by atoms with Crippen LogP contribution in [0.15, 0.2) is 24.5 Å². The average molecular weight is 441 g/mol. The van der Waals surface area contributed by atoms with Crippen molar-refractivity contribution in [1.82, 2.24) is 24.9 Å². The molecule has 0 bridgehead atoms. The maximum Gasteiger partial charge on any atom is 0.490 e. The Hall–Kier alpha value is -3.02. The molecule has 1 aliphatic heterocycles. The molecule has 31 heavy (non-hydrogen) atoms. The summed E-state index contributed by atoms with van der Waals surface area (Å²) in [6.45, 7) is 3.29. The molecule has 1 amide bonds. The Morgan fingerprint density at radius 2 is 1.87 bits per heavy atom. The topological polar surface area (TPSA) is 110 Å². The molecule has 2 aromatic rings. The number of aliphatic carboxylic acids is 1. The van der Waals surface area contributed by atoms with E-state index in [-0.39, 0.29) is 5.91 Å². The first-order valence-corrected chi connectivity index (χ1v) is 9.74. The summed E-state index contributed by atoms with van der Waals surface area (Å²) in [6.07, 6.45) is 1.62. The van der Waals surface area contributed by atoms with Crippen molar-refractivity contribution in [3.8, 4) is 0 Å². The molecule has 2 aliphatic rings. The molecule has 1 saturated carbocycles. The molecule has 0 radical (unpaired) electrons. The van der Waals surface area contributed by atoms with Gasteiger partial charge in [-0.05, 0) is 37.3 Å². The summed E-state index contributed by atoms with van der Waals surface area (Å²) in [4.78, 5) is 27.5. The fraction of sp³-hybridized carbons (Fsp3) is 0.526. The SMILES string of the molecule is O=C(O)C(F)(F)F.O=C(c1ccncc1)N1CCCn2nnc(COCC3CC3)c2C1. The van der Waals surface area contributed by atoms with Gasteiger partial charge in [0.2, 0.25) is 0 Å². The molecule has 3 heterocycles. The van der Waals surface area contributed by atoms with E-state index in [1.807, 2.05) is 9.58 Å². The number of alkyl halides is 3. The zero-order valence-electron chi connectivity index (χ0n) is 16.6. The van der Waals surface area contributed by atoms with Gasteiger partial charge in [0.1, 0.15) is 5.69 Å². The van der Waals surface area contributed by atoms with Crippen molar-refractivity contribution in [2.24, 2.45) is 5.92 Å². The van der Waals surface area contributed by atoms with E-state index < -0.39 is 12.1 Å². The molecule has 2 aromatic heterocycles. The Morgan fingerprint density at radius 1 is 1.19 bits per heavy atom. The Balaban J connectivity index is 0.000000339. The third-order valence-electron chi connectivity index (χ3n) is 4.80. The van der Waals surface area contributed by atoms with Gasteiger partial charge in [0.25, 0.3) is 5.91 Å². The van der Waals surface area contributed by atoms with Gasteiger partial charge in [-0.1, -0.05) is 5.21 Å². The lowest BCUT2D eigenvalue weighted by Gasteiger charge is -2.20. The lowest BCUT2D eigenvalue weighted by atomic mass is 10.2. The van der Waals surface area contributed by atoms with Crippen LogP contribution in [0.25, 0.3) is 0 Å². The molecule has 0 spiro atoms. The predicted octanol–water partition coefficient (Wildman–Crippen LogP) is 2.28. The van der Waals surface area contributed by atoms with Gasteiger partial charge in [0.15, 0.2) is 0 Å². The third-order valence-corrected chi connectivity index (χ3v) is 4.80. The van der Waals surface area contributed by atoms with Crippen molar-refractivity contribution in [3.63, 3.8) is 0 Å². The number of carbonyl (C=O) groups excluding carboxylic acids is 1. The van der Waals surface area contributed by atoms with Crippen LogP contribution >= 0.6 is 0 Å². The van der Waals surface area contributed by atoms with Gasteiger partial charge >= 0.3 is 12.1 Å². The second kappa shape index (κ2) is 9.86. The molecule has 0 aromatic carbocycles. The number of fused-ring (bicyclic) bond motifs is 1. The van der Waals surface area contributed by atoms with E-state index in [4.69, 9.17) is 14.6 Å². The first-order valence-electron chi connectivity index (χ1n) is 9.74. The molecular weight excluding hydrogens is 419 g/mol. The minimum Gasteiger partial charge on any atom is -0.475 e. The second-order valence-electron chi connectivity index (χ2n) is 7.28. The molecular formula is C19H22F3N5O4. The summed E-state index contributed by atoms with van der Waals surface area (Å²) in [5.74, 6) is -2.01. The minimum absolute atomic E-state index is 0.0249. The fourth-order valence-corrected chi connectivity index (χ4v) is 2.96. The summed E-state index contributed by atoms with van der Waals surface area (Å²) >= 11 is 0. The zero-order valence-corrected chi connectivity index (χ0v) is 16.6. The number of pyridine rings is 1. The smallest absolute Gasteiger partial charge is 0.475 e. The number of aromatic nitrogens is 4. The maximum absolute atomic E-state index is 12.7. The highest BCUT2D eigenvalue weighted by Crippen LogP contribution is 2.29. The summed E-state index contributed by atoms with van der Waals surface area (Å²) < 4.78 is 39.4. The van der Waals surface area contributed by atoms with E-state index in [2.05, 4.69) is 15.3 Å². The van der Waals surface area contributed by atoms with Gasteiger partial charge in [-0.15, -0.1) is 5.10 Å².